The molecule has 4 rings (SSSR count). The number of hydrogen-bond acceptors (Lipinski definition) is 3. The summed E-state index contributed by atoms with van der Waals surface area (Å²) in [7, 11) is 1.71. The quantitative estimate of drug-likeness (QED) is 0.395. The van der Waals surface area contributed by atoms with E-state index in [-0.39, 0.29) is 5.54 Å². The van der Waals surface area contributed by atoms with Crippen LogP contribution in [-0.2, 0) is 23.2 Å². The molecule has 1 unspecified atom stereocenters. The number of hydrogen-bond donors (Lipinski definition) is 1. The van der Waals surface area contributed by atoms with E-state index < -0.39 is 5.97 Å². The van der Waals surface area contributed by atoms with E-state index in [1.165, 1.54) is 39.6 Å². The molecule has 0 saturated carbocycles. The lowest BCUT2D eigenvalue weighted by atomic mass is 9.76. The SMILES string of the molecule is COc1ccc2c(c1)CCN(c1ccc(CC(C)C)c(C)c1)C2(C)c1ccc(C=CC(=O)O)cc1. The third kappa shape index (κ3) is 4.97. The number of anilines is 1. The van der Waals surface area contributed by atoms with Gasteiger partial charge in [-0.2, -0.15) is 0 Å². The van der Waals surface area contributed by atoms with E-state index in [4.69, 9.17) is 9.84 Å². The highest BCUT2D eigenvalue weighted by Crippen LogP contribution is 2.44. The van der Waals surface area contributed by atoms with Crippen LogP contribution in [0, 0.1) is 12.8 Å². The van der Waals surface area contributed by atoms with E-state index in [1.54, 1.807) is 13.2 Å². The standard InChI is InChI=1S/C31H35NO3/c1-21(2)18-24-9-12-27(19-22(24)3)32-17-16-25-20-28(35-5)13-14-29(25)31(32,4)26-10-6-23(7-11-26)8-15-30(33)34/h6-15,19-21H,16-18H2,1-5H3,(H,33,34). The highest BCUT2D eigenvalue weighted by Gasteiger charge is 2.40. The van der Waals surface area contributed by atoms with E-state index in [9.17, 15) is 4.79 Å². The summed E-state index contributed by atoms with van der Waals surface area (Å²) in [5.41, 5.74) is 8.16. The maximum Gasteiger partial charge on any atom is 0.328 e. The lowest BCUT2D eigenvalue weighted by molar-refractivity contribution is -0.131. The van der Waals surface area contributed by atoms with Crippen LogP contribution in [0.2, 0.25) is 0 Å². The largest absolute Gasteiger partial charge is 0.497 e. The molecule has 1 N–H and O–H groups in total. The Hall–Kier alpha value is -3.53. The molecule has 182 valence electrons. The molecule has 4 heteroatoms. The van der Waals surface area contributed by atoms with Gasteiger partial charge in [0.05, 0.1) is 12.6 Å². The van der Waals surface area contributed by atoms with Crippen LogP contribution in [0.5, 0.6) is 5.75 Å². The molecule has 0 aliphatic carbocycles. The van der Waals surface area contributed by atoms with Crippen LogP contribution in [0.1, 0.15) is 54.2 Å². The molecule has 35 heavy (non-hydrogen) atoms. The summed E-state index contributed by atoms with van der Waals surface area (Å²) in [5, 5.41) is 8.97. The molecule has 0 aromatic heterocycles. The van der Waals surface area contributed by atoms with Crippen molar-refractivity contribution in [3.63, 3.8) is 0 Å². The molecule has 0 radical (unpaired) electrons. The molecule has 1 heterocycles. The fourth-order valence-electron chi connectivity index (χ4n) is 5.28. The molecule has 1 aliphatic rings. The summed E-state index contributed by atoms with van der Waals surface area (Å²) in [6.07, 6.45) is 4.82. The molecule has 1 atom stereocenters. The number of methoxy groups -OCH3 is 1. The second kappa shape index (κ2) is 9.99. The number of carboxylic acids is 1. The summed E-state index contributed by atoms with van der Waals surface area (Å²) in [6, 6.07) is 21.5. The van der Waals surface area contributed by atoms with Crippen LogP contribution in [0.15, 0.2) is 66.7 Å². The lowest BCUT2D eigenvalue weighted by Crippen LogP contribution is -2.49. The molecule has 0 spiro atoms. The molecule has 0 fully saturated rings. The fourth-order valence-corrected chi connectivity index (χ4v) is 5.28. The maximum atomic E-state index is 10.9. The van der Waals surface area contributed by atoms with Crippen molar-refractivity contribution in [2.45, 2.75) is 46.1 Å². The van der Waals surface area contributed by atoms with Crippen molar-refractivity contribution in [3.8, 4) is 5.75 Å². The first kappa shape index (κ1) is 24.6. The van der Waals surface area contributed by atoms with Crippen LogP contribution >= 0.6 is 0 Å². The minimum Gasteiger partial charge on any atom is -0.497 e. The van der Waals surface area contributed by atoms with Gasteiger partial charge >= 0.3 is 5.97 Å². The molecule has 4 nitrogen and oxygen atoms in total. The van der Waals surface area contributed by atoms with Gasteiger partial charge in [-0.25, -0.2) is 4.79 Å². The zero-order chi connectivity index (χ0) is 25.2. The monoisotopic (exact) mass is 469 g/mol. The summed E-state index contributed by atoms with van der Waals surface area (Å²) >= 11 is 0. The number of nitrogens with zero attached hydrogens (tertiary/aromatic N) is 1. The normalized spacial score (nSPS) is 17.6. The van der Waals surface area contributed by atoms with Crippen LogP contribution in [0.25, 0.3) is 6.08 Å². The highest BCUT2D eigenvalue weighted by molar-refractivity contribution is 5.85. The number of carbonyl (C=O) groups is 1. The molecular weight excluding hydrogens is 434 g/mol. The molecule has 0 bridgehead atoms. The number of carboxylic acid groups (broad SMARTS) is 1. The van der Waals surface area contributed by atoms with Crippen LogP contribution in [0.4, 0.5) is 5.69 Å². The summed E-state index contributed by atoms with van der Waals surface area (Å²) < 4.78 is 5.52. The van der Waals surface area contributed by atoms with Crippen molar-refractivity contribution < 1.29 is 14.6 Å². The maximum absolute atomic E-state index is 10.9. The third-order valence-electron chi connectivity index (χ3n) is 7.14. The van der Waals surface area contributed by atoms with E-state index in [0.29, 0.717) is 5.92 Å². The Morgan fingerprint density at radius 1 is 1.11 bits per heavy atom. The van der Waals surface area contributed by atoms with Crippen LogP contribution in [0.3, 0.4) is 0 Å². The number of aliphatic carboxylic acids is 1. The first-order chi connectivity index (χ1) is 16.7. The van der Waals surface area contributed by atoms with Crippen molar-refractivity contribution in [2.75, 3.05) is 18.6 Å². The minimum absolute atomic E-state index is 0.388. The van der Waals surface area contributed by atoms with Crippen molar-refractivity contribution in [1.82, 2.24) is 0 Å². The zero-order valence-corrected chi connectivity index (χ0v) is 21.3. The van der Waals surface area contributed by atoms with Gasteiger partial charge in [0.2, 0.25) is 0 Å². The second-order valence-corrected chi connectivity index (χ2v) is 10.00. The summed E-state index contributed by atoms with van der Waals surface area (Å²) in [4.78, 5) is 13.4. The van der Waals surface area contributed by atoms with E-state index in [0.717, 1.165) is 30.7 Å². The number of benzene rings is 3. The molecular formula is C31H35NO3. The summed E-state index contributed by atoms with van der Waals surface area (Å²) in [5.74, 6) is 0.552. The molecule has 3 aromatic rings. The molecule has 0 saturated heterocycles. The first-order valence-electron chi connectivity index (χ1n) is 12.3. The number of ether oxygens (including phenoxy) is 1. The van der Waals surface area contributed by atoms with Crippen LogP contribution < -0.4 is 9.64 Å². The topological polar surface area (TPSA) is 49.8 Å². The van der Waals surface area contributed by atoms with Gasteiger partial charge in [-0.1, -0.05) is 50.2 Å². The van der Waals surface area contributed by atoms with Crippen LogP contribution in [-0.4, -0.2) is 24.7 Å². The summed E-state index contributed by atoms with van der Waals surface area (Å²) in [6.45, 7) is 9.91. The number of rotatable bonds is 7. The Kier molecular flexibility index (Phi) is 7.02. The van der Waals surface area contributed by atoms with Gasteiger partial charge in [-0.3, -0.25) is 0 Å². The molecule has 0 amide bonds. The van der Waals surface area contributed by atoms with E-state index in [1.807, 2.05) is 18.2 Å². The van der Waals surface area contributed by atoms with Gasteiger partial charge in [0.15, 0.2) is 0 Å². The van der Waals surface area contributed by atoms with Gasteiger partial charge in [0, 0.05) is 18.3 Å². The Labute approximate surface area is 208 Å². The smallest absolute Gasteiger partial charge is 0.328 e. The lowest BCUT2D eigenvalue weighted by Gasteiger charge is -2.48. The van der Waals surface area contributed by atoms with Crippen molar-refractivity contribution in [3.05, 3.63) is 100 Å². The predicted octanol–water partition coefficient (Wildman–Crippen LogP) is 6.63. The second-order valence-electron chi connectivity index (χ2n) is 10.00. The Balaban J connectivity index is 1.82. The van der Waals surface area contributed by atoms with Gasteiger partial charge in [0.1, 0.15) is 5.75 Å². The van der Waals surface area contributed by atoms with Gasteiger partial charge in [0.25, 0.3) is 0 Å². The van der Waals surface area contributed by atoms with E-state index in [2.05, 4.69) is 75.1 Å². The zero-order valence-electron chi connectivity index (χ0n) is 21.3. The van der Waals surface area contributed by atoms with E-state index >= 15 is 0 Å². The van der Waals surface area contributed by atoms with Gasteiger partial charge < -0.3 is 14.7 Å². The number of aryl methyl sites for hydroxylation is 1. The Bertz CT molecular complexity index is 1240. The highest BCUT2D eigenvalue weighted by atomic mass is 16.5. The van der Waals surface area contributed by atoms with Crippen molar-refractivity contribution in [1.29, 1.82) is 0 Å². The number of fused-ring (bicyclic) bond motifs is 1. The van der Waals surface area contributed by atoms with Crippen molar-refractivity contribution in [2.24, 2.45) is 5.92 Å². The average molecular weight is 470 g/mol. The first-order valence-corrected chi connectivity index (χ1v) is 12.3. The fraction of sp³-hybridized carbons (Fsp3) is 0.323. The third-order valence-corrected chi connectivity index (χ3v) is 7.14. The van der Waals surface area contributed by atoms with Gasteiger partial charge in [-0.05, 0) is 96.3 Å². The Morgan fingerprint density at radius 2 is 1.86 bits per heavy atom. The average Bonchev–Trinajstić information content (AvgIpc) is 2.84. The minimum atomic E-state index is -0.946. The van der Waals surface area contributed by atoms with Gasteiger partial charge in [-0.15, -0.1) is 0 Å². The predicted molar refractivity (Wildman–Crippen MR) is 143 cm³/mol. The molecule has 1 aliphatic heterocycles. The molecule has 3 aromatic carbocycles. The van der Waals surface area contributed by atoms with Crippen molar-refractivity contribution >= 4 is 17.7 Å². The Morgan fingerprint density at radius 3 is 2.49 bits per heavy atom.